The molecule has 1 atom stereocenters. The summed E-state index contributed by atoms with van der Waals surface area (Å²) in [5.74, 6) is 2.08. The third kappa shape index (κ3) is 3.51. The van der Waals surface area contributed by atoms with Crippen molar-refractivity contribution in [2.75, 3.05) is 18.0 Å². The van der Waals surface area contributed by atoms with Gasteiger partial charge in [0.25, 0.3) is 5.56 Å². The molecule has 1 fully saturated rings. The molecule has 3 aromatic rings. The van der Waals surface area contributed by atoms with E-state index in [0.717, 1.165) is 47.1 Å². The van der Waals surface area contributed by atoms with Crippen molar-refractivity contribution in [1.29, 1.82) is 0 Å². The van der Waals surface area contributed by atoms with Gasteiger partial charge in [0.15, 0.2) is 0 Å². The number of anilines is 1. The molecule has 2 N–H and O–H groups in total. The lowest BCUT2D eigenvalue weighted by molar-refractivity contribution is 0.187. The van der Waals surface area contributed by atoms with Crippen LogP contribution in [0.2, 0.25) is 0 Å². The fourth-order valence-corrected chi connectivity index (χ4v) is 5.32. The first-order valence-electron chi connectivity index (χ1n) is 11.0. The van der Waals surface area contributed by atoms with Crippen molar-refractivity contribution in [3.8, 4) is 18.0 Å². The molecule has 1 aliphatic heterocycles. The Balaban J connectivity index is 1.38. The van der Waals surface area contributed by atoms with Crippen molar-refractivity contribution in [3.05, 3.63) is 87.0 Å². The first-order chi connectivity index (χ1) is 15.8. The van der Waals surface area contributed by atoms with Crippen LogP contribution in [0.15, 0.2) is 47.3 Å². The summed E-state index contributed by atoms with van der Waals surface area (Å²) in [6.07, 6.45) is 8.21. The van der Waals surface area contributed by atoms with Gasteiger partial charge in [-0.05, 0) is 67.0 Å². The Morgan fingerprint density at radius 3 is 2.58 bits per heavy atom. The number of rotatable bonds is 2. The lowest BCUT2D eigenvalue weighted by Crippen LogP contribution is -2.45. The molecule has 0 bridgehead atoms. The van der Waals surface area contributed by atoms with E-state index in [1.54, 1.807) is 6.92 Å². The number of halogens is 2. The molecular weight excluding hydrogens is 422 g/mol. The largest absolute Gasteiger partial charge is 0.356 e. The molecule has 2 aromatic carbocycles. The van der Waals surface area contributed by atoms with E-state index in [-0.39, 0.29) is 17.1 Å². The average Bonchev–Trinajstić information content (AvgIpc) is 3.05. The zero-order chi connectivity index (χ0) is 23.3. The quantitative estimate of drug-likeness (QED) is 0.611. The number of hydrogen-bond acceptors (Lipinski definition) is 4. The molecule has 5 nitrogen and oxygen atoms in total. The highest BCUT2D eigenvalue weighted by Gasteiger charge is 2.46. The number of hydrogen-bond donors (Lipinski definition) is 1. The molecule has 7 heteroatoms. The molecule has 5 rings (SSSR count). The fourth-order valence-electron chi connectivity index (χ4n) is 5.32. The summed E-state index contributed by atoms with van der Waals surface area (Å²) in [7, 11) is 0. The molecule has 2 heterocycles. The fraction of sp³-hybridized carbons (Fsp3) is 0.308. The van der Waals surface area contributed by atoms with Gasteiger partial charge < -0.3 is 10.6 Å². The number of fused-ring (bicyclic) bond motifs is 1. The minimum atomic E-state index is -0.808. The molecular formula is C26H24F2N4O. The van der Waals surface area contributed by atoms with Crippen LogP contribution in [0.4, 0.5) is 14.6 Å². The van der Waals surface area contributed by atoms with Crippen LogP contribution in [-0.4, -0.2) is 22.6 Å². The van der Waals surface area contributed by atoms with Gasteiger partial charge in [-0.15, -0.1) is 6.42 Å². The molecule has 0 saturated carbocycles. The summed E-state index contributed by atoms with van der Waals surface area (Å²) in [6, 6.07) is 10.5. The summed E-state index contributed by atoms with van der Waals surface area (Å²) in [5, 5.41) is 0. The number of terminal acetylenes is 1. The normalized spacial score (nSPS) is 18.9. The van der Waals surface area contributed by atoms with Gasteiger partial charge in [-0.1, -0.05) is 12.0 Å². The van der Waals surface area contributed by atoms with Crippen LogP contribution in [0.1, 0.15) is 41.4 Å². The van der Waals surface area contributed by atoms with Crippen LogP contribution in [0.5, 0.6) is 0 Å². The van der Waals surface area contributed by atoms with Crippen LogP contribution >= 0.6 is 0 Å². The highest BCUT2D eigenvalue weighted by Crippen LogP contribution is 2.51. The average molecular weight is 447 g/mol. The van der Waals surface area contributed by atoms with Crippen molar-refractivity contribution in [3.63, 3.8) is 0 Å². The molecule has 168 valence electrons. The highest BCUT2D eigenvalue weighted by molar-refractivity contribution is 5.47. The van der Waals surface area contributed by atoms with Crippen LogP contribution in [0.3, 0.4) is 0 Å². The second-order valence-corrected chi connectivity index (χ2v) is 8.99. The lowest BCUT2D eigenvalue weighted by Gasteiger charge is -2.42. The van der Waals surface area contributed by atoms with Gasteiger partial charge in [0.05, 0.1) is 5.69 Å². The Labute approximate surface area is 190 Å². The number of aromatic nitrogens is 2. The first kappa shape index (κ1) is 21.4. The summed E-state index contributed by atoms with van der Waals surface area (Å²) in [4.78, 5) is 19.5. The summed E-state index contributed by atoms with van der Waals surface area (Å²) in [6.45, 7) is 3.07. The lowest BCUT2D eigenvalue weighted by atomic mass is 9.73. The molecule has 1 saturated heterocycles. The van der Waals surface area contributed by atoms with Crippen LogP contribution in [-0.2, 0) is 6.42 Å². The summed E-state index contributed by atoms with van der Waals surface area (Å²) < 4.78 is 28.7. The van der Waals surface area contributed by atoms with E-state index < -0.39 is 17.2 Å². The Bertz CT molecular complexity index is 1350. The van der Waals surface area contributed by atoms with E-state index in [1.165, 1.54) is 17.7 Å². The van der Waals surface area contributed by atoms with Gasteiger partial charge in [-0.25, -0.2) is 13.8 Å². The van der Waals surface area contributed by atoms with E-state index in [2.05, 4.69) is 21.9 Å². The molecule has 33 heavy (non-hydrogen) atoms. The Kier molecular flexibility index (Phi) is 5.06. The molecule has 1 aromatic heterocycles. The van der Waals surface area contributed by atoms with Crippen LogP contribution in [0.25, 0.3) is 5.69 Å². The minimum Gasteiger partial charge on any atom is -0.356 e. The molecule has 0 amide bonds. The highest BCUT2D eigenvalue weighted by atomic mass is 19.1. The van der Waals surface area contributed by atoms with Crippen LogP contribution in [0, 0.1) is 36.3 Å². The van der Waals surface area contributed by atoms with Crippen LogP contribution < -0.4 is 16.2 Å². The number of nitrogens with two attached hydrogens (primary N) is 1. The van der Waals surface area contributed by atoms with Gasteiger partial charge >= 0.3 is 0 Å². The van der Waals surface area contributed by atoms with Crippen molar-refractivity contribution in [2.45, 2.75) is 32.2 Å². The number of aryl methyl sites for hydroxylation is 1. The smallest absolute Gasteiger partial charge is 0.260 e. The summed E-state index contributed by atoms with van der Waals surface area (Å²) >= 11 is 0. The minimum absolute atomic E-state index is 0.0171. The topological polar surface area (TPSA) is 64.2 Å². The zero-order valence-corrected chi connectivity index (χ0v) is 18.3. The van der Waals surface area contributed by atoms with E-state index in [9.17, 15) is 13.6 Å². The van der Waals surface area contributed by atoms with Gasteiger partial charge in [0.1, 0.15) is 23.3 Å². The van der Waals surface area contributed by atoms with Gasteiger partial charge in [0.2, 0.25) is 0 Å². The van der Waals surface area contributed by atoms with E-state index in [1.807, 2.05) is 12.1 Å². The van der Waals surface area contributed by atoms with Gasteiger partial charge in [0, 0.05) is 36.8 Å². The monoisotopic (exact) mass is 446 g/mol. The number of benzene rings is 2. The van der Waals surface area contributed by atoms with Gasteiger partial charge in [-0.2, -0.15) is 0 Å². The van der Waals surface area contributed by atoms with Crippen molar-refractivity contribution in [1.82, 2.24) is 9.55 Å². The molecule has 0 unspecified atom stereocenters. The van der Waals surface area contributed by atoms with Crippen molar-refractivity contribution < 1.29 is 8.78 Å². The third-order valence-corrected chi connectivity index (χ3v) is 7.16. The first-order valence-corrected chi connectivity index (χ1v) is 11.0. The maximum atomic E-state index is 14.3. The van der Waals surface area contributed by atoms with E-state index in [4.69, 9.17) is 12.2 Å². The SMILES string of the molecule is C#Cc1ccc2c(c1)[C@@H](N)C1(CCN(c3cc(=O)n(-c4ccc(F)cc4F)c(C)n3)CC1)C2. The Hall–Kier alpha value is -3.50. The molecule has 2 aliphatic rings. The standard InChI is InChI=1S/C26H24F2N4O/c1-3-17-4-5-18-15-26(25(29)20(18)12-17)8-10-31(11-9-26)23-14-24(33)32(16(2)30-23)22-7-6-19(27)13-21(22)28/h1,4-7,12-14,25H,8-11,15,29H2,2H3/t25-/m1/s1. The molecule has 1 aliphatic carbocycles. The third-order valence-electron chi connectivity index (χ3n) is 7.16. The zero-order valence-electron chi connectivity index (χ0n) is 18.3. The van der Waals surface area contributed by atoms with Gasteiger partial charge in [-0.3, -0.25) is 9.36 Å². The Morgan fingerprint density at radius 2 is 1.91 bits per heavy atom. The van der Waals surface area contributed by atoms with E-state index >= 15 is 0 Å². The molecule has 0 radical (unpaired) electrons. The van der Waals surface area contributed by atoms with Crippen molar-refractivity contribution in [2.24, 2.45) is 11.1 Å². The molecule has 1 spiro atoms. The summed E-state index contributed by atoms with van der Waals surface area (Å²) in [5.41, 5.74) is 9.48. The number of piperidine rings is 1. The maximum Gasteiger partial charge on any atom is 0.260 e. The second-order valence-electron chi connectivity index (χ2n) is 8.99. The van der Waals surface area contributed by atoms with Crippen molar-refractivity contribution >= 4 is 5.82 Å². The predicted octanol–water partition coefficient (Wildman–Crippen LogP) is 3.64. The van der Waals surface area contributed by atoms with E-state index in [0.29, 0.717) is 24.7 Å². The maximum absolute atomic E-state index is 14.3. The second kappa shape index (κ2) is 7.82. The Morgan fingerprint density at radius 1 is 1.15 bits per heavy atom. The number of nitrogens with zero attached hydrogens (tertiary/aromatic N) is 3. The predicted molar refractivity (Wildman–Crippen MR) is 123 cm³/mol.